The van der Waals surface area contributed by atoms with E-state index in [0.717, 1.165) is 22.3 Å². The Bertz CT molecular complexity index is 481. The summed E-state index contributed by atoms with van der Waals surface area (Å²) in [6.45, 7) is 0.730. The van der Waals surface area contributed by atoms with Crippen LogP contribution in [0.2, 0.25) is 0 Å². The number of hydrogen-bond acceptors (Lipinski definition) is 3. The molecule has 19 heavy (non-hydrogen) atoms. The zero-order chi connectivity index (χ0) is 13.8. The van der Waals surface area contributed by atoms with Crippen molar-refractivity contribution in [2.24, 2.45) is 11.7 Å². The molecule has 0 amide bonds. The van der Waals surface area contributed by atoms with E-state index < -0.39 is 0 Å². The SMILES string of the molecule is CN(c1ccc(Br)cc1C#N)C1CCCCC1CN. The molecule has 2 N–H and O–H groups in total. The molecule has 1 aromatic rings. The lowest BCUT2D eigenvalue weighted by Gasteiger charge is -2.39. The normalized spacial score (nSPS) is 22.8. The molecule has 1 aromatic carbocycles. The molecule has 2 rings (SSSR count). The molecule has 1 aliphatic carbocycles. The van der Waals surface area contributed by atoms with E-state index in [1.807, 2.05) is 18.2 Å². The lowest BCUT2D eigenvalue weighted by Crippen LogP contribution is -2.43. The average Bonchev–Trinajstić information content (AvgIpc) is 2.46. The molecule has 0 aromatic heterocycles. The first-order valence-corrected chi connectivity index (χ1v) is 7.59. The van der Waals surface area contributed by atoms with Crippen molar-refractivity contribution < 1.29 is 0 Å². The zero-order valence-corrected chi connectivity index (χ0v) is 12.9. The average molecular weight is 322 g/mol. The van der Waals surface area contributed by atoms with Crippen molar-refractivity contribution in [3.63, 3.8) is 0 Å². The number of benzene rings is 1. The Kier molecular flexibility index (Phi) is 4.84. The molecular weight excluding hydrogens is 302 g/mol. The second-order valence-electron chi connectivity index (χ2n) is 5.23. The molecule has 0 radical (unpaired) electrons. The van der Waals surface area contributed by atoms with Crippen LogP contribution in [0.4, 0.5) is 5.69 Å². The first kappa shape index (κ1) is 14.4. The van der Waals surface area contributed by atoms with E-state index in [1.165, 1.54) is 25.7 Å². The maximum Gasteiger partial charge on any atom is 0.101 e. The van der Waals surface area contributed by atoms with Crippen LogP contribution in [0.5, 0.6) is 0 Å². The molecular formula is C15H20BrN3. The summed E-state index contributed by atoms with van der Waals surface area (Å²) in [6.07, 6.45) is 4.89. The molecule has 1 fully saturated rings. The first-order valence-electron chi connectivity index (χ1n) is 6.80. The molecule has 2 unspecified atom stereocenters. The largest absolute Gasteiger partial charge is 0.370 e. The second kappa shape index (κ2) is 6.40. The van der Waals surface area contributed by atoms with E-state index in [0.29, 0.717) is 12.0 Å². The van der Waals surface area contributed by atoms with E-state index in [1.54, 1.807) is 0 Å². The van der Waals surface area contributed by atoms with Crippen molar-refractivity contribution in [3.05, 3.63) is 28.2 Å². The Morgan fingerprint density at radius 2 is 2.16 bits per heavy atom. The molecule has 4 heteroatoms. The predicted octanol–water partition coefficient (Wildman–Crippen LogP) is 3.27. The highest BCUT2D eigenvalue weighted by Crippen LogP contribution is 2.32. The maximum absolute atomic E-state index is 9.29. The molecule has 3 nitrogen and oxygen atoms in total. The van der Waals surface area contributed by atoms with Gasteiger partial charge in [0.2, 0.25) is 0 Å². The van der Waals surface area contributed by atoms with Crippen LogP contribution in [0.25, 0.3) is 0 Å². The van der Waals surface area contributed by atoms with Crippen molar-refractivity contribution in [1.82, 2.24) is 0 Å². The fourth-order valence-electron chi connectivity index (χ4n) is 3.06. The smallest absolute Gasteiger partial charge is 0.101 e. The number of rotatable bonds is 3. The van der Waals surface area contributed by atoms with Gasteiger partial charge in [-0.05, 0) is 43.5 Å². The van der Waals surface area contributed by atoms with E-state index in [-0.39, 0.29) is 0 Å². The molecule has 0 heterocycles. The number of anilines is 1. The standard InChI is InChI=1S/C15H20BrN3/c1-19(14-5-3-2-4-11(14)9-17)15-7-6-13(16)8-12(15)10-18/h6-8,11,14H,2-5,9,17H2,1H3. The summed E-state index contributed by atoms with van der Waals surface area (Å²) in [7, 11) is 2.09. The van der Waals surface area contributed by atoms with Crippen LogP contribution in [0.1, 0.15) is 31.2 Å². The van der Waals surface area contributed by atoms with Gasteiger partial charge in [0.1, 0.15) is 6.07 Å². The van der Waals surface area contributed by atoms with Crippen molar-refractivity contribution in [2.75, 3.05) is 18.5 Å². The molecule has 0 aliphatic heterocycles. The minimum absolute atomic E-state index is 0.451. The van der Waals surface area contributed by atoms with Crippen LogP contribution in [0.15, 0.2) is 22.7 Å². The summed E-state index contributed by atoms with van der Waals surface area (Å²) in [5.74, 6) is 0.536. The highest BCUT2D eigenvalue weighted by Gasteiger charge is 2.28. The molecule has 2 atom stereocenters. The Morgan fingerprint density at radius 1 is 1.42 bits per heavy atom. The van der Waals surface area contributed by atoms with Crippen LogP contribution < -0.4 is 10.6 Å². The molecule has 0 spiro atoms. The minimum Gasteiger partial charge on any atom is -0.370 e. The third-order valence-electron chi connectivity index (χ3n) is 4.13. The summed E-state index contributed by atoms with van der Waals surface area (Å²) in [4.78, 5) is 2.25. The number of nitrogens with two attached hydrogens (primary N) is 1. The third-order valence-corrected chi connectivity index (χ3v) is 4.62. The minimum atomic E-state index is 0.451. The van der Waals surface area contributed by atoms with Crippen molar-refractivity contribution in [2.45, 2.75) is 31.7 Å². The lowest BCUT2D eigenvalue weighted by molar-refractivity contribution is 0.306. The van der Waals surface area contributed by atoms with Crippen LogP contribution in [-0.4, -0.2) is 19.6 Å². The van der Waals surface area contributed by atoms with Crippen molar-refractivity contribution in [3.8, 4) is 6.07 Å². The van der Waals surface area contributed by atoms with Gasteiger partial charge < -0.3 is 10.6 Å². The Labute approximate surface area is 123 Å². The van der Waals surface area contributed by atoms with Crippen LogP contribution >= 0.6 is 15.9 Å². The first-order chi connectivity index (χ1) is 9.17. The van der Waals surface area contributed by atoms with Gasteiger partial charge in [0.15, 0.2) is 0 Å². The van der Waals surface area contributed by atoms with Crippen LogP contribution in [0, 0.1) is 17.2 Å². The van der Waals surface area contributed by atoms with Gasteiger partial charge in [-0.25, -0.2) is 0 Å². The van der Waals surface area contributed by atoms with Gasteiger partial charge in [-0.3, -0.25) is 0 Å². The zero-order valence-electron chi connectivity index (χ0n) is 11.3. The molecule has 1 saturated carbocycles. The van der Waals surface area contributed by atoms with Crippen molar-refractivity contribution in [1.29, 1.82) is 5.26 Å². The highest BCUT2D eigenvalue weighted by molar-refractivity contribution is 9.10. The van der Waals surface area contributed by atoms with E-state index in [2.05, 4.69) is 33.9 Å². The number of nitriles is 1. The van der Waals surface area contributed by atoms with E-state index in [4.69, 9.17) is 5.73 Å². The summed E-state index contributed by atoms with van der Waals surface area (Å²) in [5.41, 5.74) is 7.64. The lowest BCUT2D eigenvalue weighted by atomic mass is 9.83. The summed E-state index contributed by atoms with van der Waals surface area (Å²) in [5, 5.41) is 9.29. The molecule has 1 aliphatic rings. The van der Waals surface area contributed by atoms with Crippen LogP contribution in [-0.2, 0) is 0 Å². The number of hydrogen-bond donors (Lipinski definition) is 1. The van der Waals surface area contributed by atoms with Gasteiger partial charge in [-0.15, -0.1) is 0 Å². The van der Waals surface area contributed by atoms with Gasteiger partial charge in [0, 0.05) is 17.6 Å². The quantitative estimate of drug-likeness (QED) is 0.929. The Morgan fingerprint density at radius 3 is 2.84 bits per heavy atom. The van der Waals surface area contributed by atoms with Gasteiger partial charge >= 0.3 is 0 Å². The van der Waals surface area contributed by atoms with Gasteiger partial charge in [-0.2, -0.15) is 5.26 Å². The number of nitrogens with zero attached hydrogens (tertiary/aromatic N) is 2. The number of halogens is 1. The van der Waals surface area contributed by atoms with E-state index >= 15 is 0 Å². The van der Waals surface area contributed by atoms with Crippen LogP contribution in [0.3, 0.4) is 0 Å². The fraction of sp³-hybridized carbons (Fsp3) is 0.533. The monoisotopic (exact) mass is 321 g/mol. The summed E-state index contributed by atoms with van der Waals surface area (Å²) >= 11 is 3.42. The van der Waals surface area contributed by atoms with Gasteiger partial charge in [0.25, 0.3) is 0 Å². The second-order valence-corrected chi connectivity index (χ2v) is 6.15. The predicted molar refractivity (Wildman–Crippen MR) is 82.1 cm³/mol. The van der Waals surface area contributed by atoms with Gasteiger partial charge in [0.05, 0.1) is 11.3 Å². The maximum atomic E-state index is 9.29. The Hall–Kier alpha value is -1.05. The summed E-state index contributed by atoms with van der Waals surface area (Å²) in [6, 6.07) is 8.63. The Balaban J connectivity index is 2.28. The van der Waals surface area contributed by atoms with Crippen molar-refractivity contribution >= 4 is 21.6 Å². The van der Waals surface area contributed by atoms with Gasteiger partial charge in [-0.1, -0.05) is 28.8 Å². The molecule has 0 bridgehead atoms. The van der Waals surface area contributed by atoms with E-state index in [9.17, 15) is 5.26 Å². The molecule has 0 saturated heterocycles. The highest BCUT2D eigenvalue weighted by atomic mass is 79.9. The topological polar surface area (TPSA) is 53.0 Å². The molecule has 102 valence electrons. The summed E-state index contributed by atoms with van der Waals surface area (Å²) < 4.78 is 0.945. The third kappa shape index (κ3) is 3.10. The fourth-order valence-corrected chi connectivity index (χ4v) is 3.42.